The molecular formula is C15H18O3. The van der Waals surface area contributed by atoms with E-state index in [-0.39, 0.29) is 17.1 Å². The van der Waals surface area contributed by atoms with E-state index in [4.69, 9.17) is 4.74 Å². The van der Waals surface area contributed by atoms with Crippen LogP contribution in [0.2, 0.25) is 0 Å². The normalized spacial score (nSPS) is 20.2. The van der Waals surface area contributed by atoms with E-state index >= 15 is 0 Å². The first-order valence-electron chi connectivity index (χ1n) is 6.64. The molecule has 1 aromatic rings. The Morgan fingerprint density at radius 1 is 1.44 bits per heavy atom. The minimum atomic E-state index is -0.238. The van der Waals surface area contributed by atoms with Gasteiger partial charge in [-0.2, -0.15) is 0 Å². The van der Waals surface area contributed by atoms with Gasteiger partial charge >= 0.3 is 0 Å². The van der Waals surface area contributed by atoms with Crippen LogP contribution in [0.1, 0.15) is 54.1 Å². The highest BCUT2D eigenvalue weighted by Gasteiger charge is 2.46. The number of phenols is 1. The smallest absolute Gasteiger partial charge is 0.170 e. The number of aromatic hydroxyl groups is 1. The summed E-state index contributed by atoms with van der Waals surface area (Å²) in [5.41, 5.74) is 1.87. The Morgan fingerprint density at radius 3 is 2.72 bits per heavy atom. The van der Waals surface area contributed by atoms with Crippen molar-refractivity contribution < 1.29 is 14.6 Å². The highest BCUT2D eigenvalue weighted by atomic mass is 16.5. The van der Waals surface area contributed by atoms with Crippen LogP contribution in [0.15, 0.2) is 6.07 Å². The molecule has 0 saturated heterocycles. The van der Waals surface area contributed by atoms with E-state index in [1.807, 2.05) is 13.0 Å². The molecule has 3 heteroatoms. The third-order valence-electron chi connectivity index (χ3n) is 4.32. The van der Waals surface area contributed by atoms with Crippen molar-refractivity contribution in [2.45, 2.75) is 51.6 Å². The molecule has 1 aromatic carbocycles. The van der Waals surface area contributed by atoms with Gasteiger partial charge in [-0.3, -0.25) is 4.79 Å². The molecule has 0 aromatic heterocycles. The SMILES string of the molecule is CCc1cc2c(c(C)c1O)C(=O)CC1(CCC1)O2. The van der Waals surface area contributed by atoms with Crippen LogP contribution in [0.5, 0.6) is 11.5 Å². The molecule has 3 rings (SSSR count). The summed E-state index contributed by atoms with van der Waals surface area (Å²) in [5.74, 6) is 1.04. The number of benzene rings is 1. The minimum Gasteiger partial charge on any atom is -0.507 e. The topological polar surface area (TPSA) is 46.5 Å². The van der Waals surface area contributed by atoms with Crippen molar-refractivity contribution in [3.8, 4) is 11.5 Å². The summed E-state index contributed by atoms with van der Waals surface area (Å²) in [6, 6.07) is 1.84. The van der Waals surface area contributed by atoms with Crippen molar-refractivity contribution in [3.63, 3.8) is 0 Å². The molecule has 0 radical (unpaired) electrons. The molecule has 0 bridgehead atoms. The van der Waals surface area contributed by atoms with Crippen molar-refractivity contribution in [2.24, 2.45) is 0 Å². The van der Waals surface area contributed by atoms with Crippen LogP contribution in [0, 0.1) is 6.92 Å². The maximum atomic E-state index is 12.3. The van der Waals surface area contributed by atoms with E-state index in [1.54, 1.807) is 6.92 Å². The van der Waals surface area contributed by atoms with Gasteiger partial charge in [-0.25, -0.2) is 0 Å². The predicted octanol–water partition coefficient (Wildman–Crippen LogP) is 3.15. The summed E-state index contributed by atoms with van der Waals surface area (Å²) >= 11 is 0. The number of ketones is 1. The van der Waals surface area contributed by atoms with Crippen molar-refractivity contribution in [1.82, 2.24) is 0 Å². The zero-order valence-corrected chi connectivity index (χ0v) is 10.9. The number of carbonyl (C=O) groups is 1. The molecule has 0 atom stereocenters. The van der Waals surface area contributed by atoms with E-state index in [0.29, 0.717) is 23.3 Å². The molecule has 0 unspecified atom stereocenters. The summed E-state index contributed by atoms with van der Waals surface area (Å²) in [5, 5.41) is 10.1. The monoisotopic (exact) mass is 246 g/mol. The third kappa shape index (κ3) is 1.46. The van der Waals surface area contributed by atoms with Crippen LogP contribution in [0.3, 0.4) is 0 Å². The molecule has 1 N–H and O–H groups in total. The van der Waals surface area contributed by atoms with Gasteiger partial charge in [0.25, 0.3) is 0 Å². The molecule has 1 heterocycles. The van der Waals surface area contributed by atoms with Crippen LogP contribution < -0.4 is 4.74 Å². The predicted molar refractivity (Wildman–Crippen MR) is 68.4 cm³/mol. The summed E-state index contributed by atoms with van der Waals surface area (Å²) in [7, 11) is 0. The van der Waals surface area contributed by atoms with E-state index < -0.39 is 0 Å². The van der Waals surface area contributed by atoms with E-state index in [9.17, 15) is 9.90 Å². The van der Waals surface area contributed by atoms with Crippen molar-refractivity contribution >= 4 is 5.78 Å². The molecule has 3 nitrogen and oxygen atoms in total. The molecule has 18 heavy (non-hydrogen) atoms. The average Bonchev–Trinajstić information content (AvgIpc) is 2.31. The van der Waals surface area contributed by atoms with Crippen LogP contribution in [-0.4, -0.2) is 16.5 Å². The molecular weight excluding hydrogens is 228 g/mol. The van der Waals surface area contributed by atoms with Gasteiger partial charge in [0.05, 0.1) is 12.0 Å². The summed E-state index contributed by atoms with van der Waals surface area (Å²) < 4.78 is 6.07. The molecule has 1 aliphatic heterocycles. The highest BCUT2D eigenvalue weighted by molar-refractivity contribution is 6.02. The number of carbonyl (C=O) groups excluding carboxylic acids is 1. The lowest BCUT2D eigenvalue weighted by molar-refractivity contribution is -0.0179. The second kappa shape index (κ2) is 3.74. The lowest BCUT2D eigenvalue weighted by atomic mass is 9.73. The molecule has 1 fully saturated rings. The maximum absolute atomic E-state index is 12.3. The summed E-state index contributed by atoms with van der Waals surface area (Å²) in [4.78, 5) is 12.3. The van der Waals surface area contributed by atoms with Gasteiger partial charge in [0, 0.05) is 5.56 Å². The second-order valence-corrected chi connectivity index (χ2v) is 5.47. The van der Waals surface area contributed by atoms with E-state index in [0.717, 1.165) is 31.2 Å². The third-order valence-corrected chi connectivity index (χ3v) is 4.32. The molecule has 1 aliphatic carbocycles. The van der Waals surface area contributed by atoms with E-state index in [2.05, 4.69) is 0 Å². The van der Waals surface area contributed by atoms with Gasteiger partial charge in [0.1, 0.15) is 17.1 Å². The first-order chi connectivity index (χ1) is 8.56. The number of Topliss-reactive ketones (excluding diaryl/α,β-unsaturated/α-hetero) is 1. The zero-order valence-electron chi connectivity index (χ0n) is 10.9. The fourth-order valence-electron chi connectivity index (χ4n) is 3.04. The molecule has 0 amide bonds. The maximum Gasteiger partial charge on any atom is 0.170 e. The van der Waals surface area contributed by atoms with Crippen LogP contribution in [0.4, 0.5) is 0 Å². The Labute approximate surface area is 107 Å². The van der Waals surface area contributed by atoms with Crippen LogP contribution in [-0.2, 0) is 6.42 Å². The van der Waals surface area contributed by atoms with Gasteiger partial charge < -0.3 is 9.84 Å². The number of hydrogen-bond donors (Lipinski definition) is 1. The number of fused-ring (bicyclic) bond motifs is 1. The quantitative estimate of drug-likeness (QED) is 0.828. The van der Waals surface area contributed by atoms with Crippen molar-refractivity contribution in [2.75, 3.05) is 0 Å². The largest absolute Gasteiger partial charge is 0.507 e. The van der Waals surface area contributed by atoms with Crippen LogP contribution >= 0.6 is 0 Å². The fraction of sp³-hybridized carbons (Fsp3) is 0.533. The van der Waals surface area contributed by atoms with Gasteiger partial charge in [0.15, 0.2) is 5.78 Å². The standard InChI is InChI=1S/C15H18O3/c1-3-10-7-12-13(9(2)14(10)17)11(16)8-15(18-12)5-4-6-15/h7,17H,3-6,8H2,1-2H3. The van der Waals surface area contributed by atoms with E-state index in [1.165, 1.54) is 0 Å². The Balaban J connectivity index is 2.13. The van der Waals surface area contributed by atoms with Crippen LogP contribution in [0.25, 0.3) is 0 Å². The summed E-state index contributed by atoms with van der Waals surface area (Å²) in [6.45, 7) is 3.79. The van der Waals surface area contributed by atoms with Gasteiger partial charge in [-0.15, -0.1) is 0 Å². The lowest BCUT2D eigenvalue weighted by Gasteiger charge is -2.44. The molecule has 2 aliphatic rings. The Morgan fingerprint density at radius 2 is 2.17 bits per heavy atom. The highest BCUT2D eigenvalue weighted by Crippen LogP contribution is 2.47. The molecule has 1 saturated carbocycles. The van der Waals surface area contributed by atoms with Gasteiger partial charge in [-0.05, 0) is 44.2 Å². The number of ether oxygens (including phenoxy) is 1. The molecule has 96 valence electrons. The second-order valence-electron chi connectivity index (χ2n) is 5.47. The van der Waals surface area contributed by atoms with Crippen molar-refractivity contribution in [1.29, 1.82) is 0 Å². The Bertz CT molecular complexity index is 527. The number of rotatable bonds is 1. The van der Waals surface area contributed by atoms with Gasteiger partial charge in [0.2, 0.25) is 0 Å². The Kier molecular flexibility index (Phi) is 2.40. The first-order valence-corrected chi connectivity index (χ1v) is 6.64. The average molecular weight is 246 g/mol. The van der Waals surface area contributed by atoms with Crippen molar-refractivity contribution in [3.05, 3.63) is 22.8 Å². The zero-order chi connectivity index (χ0) is 12.9. The Hall–Kier alpha value is -1.51. The minimum absolute atomic E-state index is 0.117. The number of aryl methyl sites for hydroxylation is 1. The molecule has 1 spiro atoms. The first kappa shape index (κ1) is 11.6. The summed E-state index contributed by atoms with van der Waals surface area (Å²) in [6.07, 6.45) is 4.29. The number of hydrogen-bond acceptors (Lipinski definition) is 3. The lowest BCUT2D eigenvalue weighted by Crippen LogP contribution is -2.47. The van der Waals surface area contributed by atoms with Gasteiger partial charge in [-0.1, -0.05) is 6.92 Å². The number of phenolic OH excluding ortho intramolecular Hbond substituents is 1. The fourth-order valence-corrected chi connectivity index (χ4v) is 3.04.